The van der Waals surface area contributed by atoms with Gasteiger partial charge in [-0.3, -0.25) is 0 Å². The molecule has 0 saturated heterocycles. The van der Waals surface area contributed by atoms with Crippen molar-refractivity contribution in [2.45, 2.75) is 43.6 Å². The summed E-state index contributed by atoms with van der Waals surface area (Å²) in [5, 5.41) is 0. The molecule has 1 aromatic carbocycles. The molecule has 2 bridgehead atoms. The van der Waals surface area contributed by atoms with Gasteiger partial charge in [-0.1, -0.05) is 31.2 Å². The Labute approximate surface area is 85.3 Å². The second-order valence-electron chi connectivity index (χ2n) is 5.39. The molecule has 0 aliphatic heterocycles. The van der Waals surface area contributed by atoms with Crippen molar-refractivity contribution in [3.8, 4) is 0 Å². The molecule has 0 spiro atoms. The molecule has 0 radical (unpaired) electrons. The van der Waals surface area contributed by atoms with Gasteiger partial charge in [0.1, 0.15) is 5.54 Å². The molecule has 0 heterocycles. The standard InChI is InChI=1S/C13H17N/c1-12-6-8-13(14,9-7-12)11-5-3-2-4-10(11)12/h2-5H,6-9,14H2,1H3/p+1. The van der Waals surface area contributed by atoms with Crippen LogP contribution in [-0.4, -0.2) is 0 Å². The lowest BCUT2D eigenvalue weighted by molar-refractivity contribution is -0.500. The summed E-state index contributed by atoms with van der Waals surface area (Å²) in [6.45, 7) is 2.42. The fourth-order valence-electron chi connectivity index (χ4n) is 3.29. The van der Waals surface area contributed by atoms with Crippen LogP contribution in [0.3, 0.4) is 0 Å². The number of rotatable bonds is 0. The Balaban J connectivity index is 2.28. The zero-order valence-corrected chi connectivity index (χ0v) is 8.84. The fourth-order valence-corrected chi connectivity index (χ4v) is 3.29. The van der Waals surface area contributed by atoms with Gasteiger partial charge in [-0.2, -0.15) is 0 Å². The zero-order valence-electron chi connectivity index (χ0n) is 8.84. The van der Waals surface area contributed by atoms with Crippen molar-refractivity contribution in [3.05, 3.63) is 35.4 Å². The van der Waals surface area contributed by atoms with Crippen LogP contribution in [0.5, 0.6) is 0 Å². The third-order valence-electron chi connectivity index (χ3n) is 4.46. The Kier molecular flexibility index (Phi) is 1.46. The van der Waals surface area contributed by atoms with Crippen molar-refractivity contribution in [2.24, 2.45) is 0 Å². The Bertz CT molecular complexity index is 336. The predicted octanol–water partition coefficient (Wildman–Crippen LogP) is 1.97. The maximum absolute atomic E-state index is 4.46. The lowest BCUT2D eigenvalue weighted by Crippen LogP contribution is -2.73. The molecule has 1 aromatic rings. The summed E-state index contributed by atoms with van der Waals surface area (Å²) in [6, 6.07) is 8.94. The van der Waals surface area contributed by atoms with Crippen molar-refractivity contribution in [1.82, 2.24) is 0 Å². The van der Waals surface area contributed by atoms with Crippen molar-refractivity contribution >= 4 is 0 Å². The third kappa shape index (κ3) is 0.885. The molecule has 14 heavy (non-hydrogen) atoms. The largest absolute Gasteiger partial charge is 0.349 e. The smallest absolute Gasteiger partial charge is 0.120 e. The average molecular weight is 188 g/mol. The number of hydrogen-bond donors (Lipinski definition) is 1. The second kappa shape index (κ2) is 2.40. The maximum Gasteiger partial charge on any atom is 0.120 e. The van der Waals surface area contributed by atoms with E-state index in [1.54, 1.807) is 5.56 Å². The first-order valence-corrected chi connectivity index (χ1v) is 5.60. The van der Waals surface area contributed by atoms with E-state index in [4.69, 9.17) is 0 Å². The predicted molar refractivity (Wildman–Crippen MR) is 56.8 cm³/mol. The lowest BCUT2D eigenvalue weighted by atomic mass is 9.56. The van der Waals surface area contributed by atoms with Crippen LogP contribution >= 0.6 is 0 Å². The minimum Gasteiger partial charge on any atom is -0.349 e. The quantitative estimate of drug-likeness (QED) is 0.644. The van der Waals surface area contributed by atoms with E-state index in [2.05, 4.69) is 36.9 Å². The first kappa shape index (κ1) is 8.49. The molecule has 74 valence electrons. The first-order chi connectivity index (χ1) is 6.64. The van der Waals surface area contributed by atoms with E-state index in [0.29, 0.717) is 5.41 Å². The van der Waals surface area contributed by atoms with Crippen molar-refractivity contribution in [3.63, 3.8) is 0 Å². The van der Waals surface area contributed by atoms with Crippen LogP contribution in [0, 0.1) is 0 Å². The highest BCUT2D eigenvalue weighted by molar-refractivity contribution is 5.42. The van der Waals surface area contributed by atoms with Gasteiger partial charge in [0.05, 0.1) is 0 Å². The molecule has 3 N–H and O–H groups in total. The molecule has 1 fully saturated rings. The van der Waals surface area contributed by atoms with E-state index in [9.17, 15) is 0 Å². The van der Waals surface area contributed by atoms with Gasteiger partial charge in [-0.05, 0) is 23.8 Å². The van der Waals surface area contributed by atoms with Crippen LogP contribution in [0.2, 0.25) is 0 Å². The van der Waals surface area contributed by atoms with Crippen molar-refractivity contribution < 1.29 is 5.73 Å². The lowest BCUT2D eigenvalue weighted by Gasteiger charge is -2.49. The Morgan fingerprint density at radius 3 is 2.14 bits per heavy atom. The molecule has 1 saturated carbocycles. The molecular formula is C13H18N+. The van der Waals surface area contributed by atoms with Gasteiger partial charge >= 0.3 is 0 Å². The van der Waals surface area contributed by atoms with Gasteiger partial charge in [0.15, 0.2) is 0 Å². The highest BCUT2D eigenvalue weighted by Gasteiger charge is 2.50. The third-order valence-corrected chi connectivity index (χ3v) is 4.46. The van der Waals surface area contributed by atoms with Gasteiger partial charge in [-0.25, -0.2) is 0 Å². The van der Waals surface area contributed by atoms with Crippen LogP contribution in [0.1, 0.15) is 43.7 Å². The molecule has 0 unspecified atom stereocenters. The number of benzene rings is 1. The molecule has 4 rings (SSSR count). The molecule has 3 aliphatic carbocycles. The van der Waals surface area contributed by atoms with Crippen molar-refractivity contribution in [2.75, 3.05) is 0 Å². The number of fused-ring (bicyclic) bond motifs is 2. The highest BCUT2D eigenvalue weighted by Crippen LogP contribution is 2.52. The Morgan fingerprint density at radius 2 is 1.57 bits per heavy atom. The zero-order chi connectivity index (χ0) is 9.81. The maximum atomic E-state index is 4.46. The van der Waals surface area contributed by atoms with Crippen LogP contribution in [0.4, 0.5) is 0 Å². The summed E-state index contributed by atoms with van der Waals surface area (Å²) in [7, 11) is 0. The van der Waals surface area contributed by atoms with Crippen LogP contribution in [0.25, 0.3) is 0 Å². The molecule has 0 amide bonds. The monoisotopic (exact) mass is 188 g/mol. The van der Waals surface area contributed by atoms with Gasteiger partial charge in [0, 0.05) is 18.4 Å². The van der Waals surface area contributed by atoms with Gasteiger partial charge < -0.3 is 5.73 Å². The molecule has 0 aromatic heterocycles. The van der Waals surface area contributed by atoms with E-state index in [1.807, 2.05) is 0 Å². The topological polar surface area (TPSA) is 27.6 Å². The Hall–Kier alpha value is -0.820. The Morgan fingerprint density at radius 1 is 1.00 bits per heavy atom. The van der Waals surface area contributed by atoms with E-state index in [1.165, 1.54) is 31.2 Å². The van der Waals surface area contributed by atoms with Crippen molar-refractivity contribution in [1.29, 1.82) is 0 Å². The van der Waals surface area contributed by atoms with Crippen LogP contribution < -0.4 is 5.73 Å². The van der Waals surface area contributed by atoms with Gasteiger partial charge in [0.25, 0.3) is 0 Å². The van der Waals surface area contributed by atoms with Crippen LogP contribution in [-0.2, 0) is 11.0 Å². The molecule has 1 nitrogen and oxygen atoms in total. The summed E-state index contributed by atoms with van der Waals surface area (Å²) in [5.41, 5.74) is 8.26. The van der Waals surface area contributed by atoms with Gasteiger partial charge in [-0.15, -0.1) is 0 Å². The van der Waals surface area contributed by atoms with E-state index < -0.39 is 0 Å². The van der Waals surface area contributed by atoms with E-state index >= 15 is 0 Å². The summed E-state index contributed by atoms with van der Waals surface area (Å²) < 4.78 is 0. The summed E-state index contributed by atoms with van der Waals surface area (Å²) in [5.74, 6) is 0. The highest BCUT2D eigenvalue weighted by atomic mass is 14.8. The fraction of sp³-hybridized carbons (Fsp3) is 0.538. The number of quaternary nitrogens is 1. The average Bonchev–Trinajstić information content (AvgIpc) is 2.22. The van der Waals surface area contributed by atoms with E-state index in [-0.39, 0.29) is 5.54 Å². The SMILES string of the molecule is CC12CCC([NH3+])(CC1)c1ccccc12. The molecule has 3 aliphatic rings. The van der Waals surface area contributed by atoms with Crippen LogP contribution in [0.15, 0.2) is 24.3 Å². The minimum atomic E-state index is 0.244. The summed E-state index contributed by atoms with van der Waals surface area (Å²) >= 11 is 0. The molecule has 0 atom stereocenters. The first-order valence-electron chi connectivity index (χ1n) is 5.60. The molecule has 1 heteroatoms. The van der Waals surface area contributed by atoms with E-state index in [0.717, 1.165) is 0 Å². The normalized spacial score (nSPS) is 39.6. The summed E-state index contributed by atoms with van der Waals surface area (Å²) in [6.07, 6.45) is 5.21. The molecular weight excluding hydrogens is 170 g/mol. The van der Waals surface area contributed by atoms with Gasteiger partial charge in [0.2, 0.25) is 0 Å². The minimum absolute atomic E-state index is 0.244. The number of hydrogen-bond acceptors (Lipinski definition) is 0. The summed E-state index contributed by atoms with van der Waals surface area (Å²) in [4.78, 5) is 0. The second-order valence-corrected chi connectivity index (χ2v) is 5.39.